The normalized spacial score (nSPS) is 11.9. The zero-order valence-electron chi connectivity index (χ0n) is 4.76. The Morgan fingerprint density at radius 3 is 1.86 bits per heavy atom. The lowest BCUT2D eigenvalue weighted by atomic mass is 10.2. The summed E-state index contributed by atoms with van der Waals surface area (Å²) in [5.41, 5.74) is -0.274. The Hall–Kier alpha value is 0.110. The van der Waals surface area contributed by atoms with Gasteiger partial charge in [0.2, 0.25) is 0 Å². The second-order valence-corrected chi connectivity index (χ2v) is 2.61. The van der Waals surface area contributed by atoms with Gasteiger partial charge in [0.25, 0.3) is 0 Å². The summed E-state index contributed by atoms with van der Waals surface area (Å²) in [6.07, 6.45) is 0. The van der Waals surface area contributed by atoms with Gasteiger partial charge in [0, 0.05) is 0 Å². The van der Waals surface area contributed by atoms with Crippen molar-refractivity contribution in [2.24, 2.45) is 0 Å². The second-order valence-electron chi connectivity index (χ2n) is 2.28. The van der Waals surface area contributed by atoms with Crippen LogP contribution in [0.5, 0.6) is 0 Å². The molecule has 0 aliphatic carbocycles. The fourth-order valence-electron chi connectivity index (χ4n) is 0.112. The maximum absolute atomic E-state index is 9.70. The van der Waals surface area contributed by atoms with Crippen molar-refractivity contribution < 1.29 is 8.39 Å². The average molecular weight is 122 g/mol. The highest BCUT2D eigenvalue weighted by molar-refractivity contribution is 7.60. The number of hydrogen-bond acceptors (Lipinski definition) is 2. The molecule has 0 heterocycles. The molecule has 0 aromatic heterocycles. The summed E-state index contributed by atoms with van der Waals surface area (Å²) in [4.78, 5) is 0. The van der Waals surface area contributed by atoms with Crippen molar-refractivity contribution in [2.75, 3.05) is 0 Å². The van der Waals surface area contributed by atoms with Crippen LogP contribution in [0, 0.1) is 0 Å². The van der Waals surface area contributed by atoms with Crippen LogP contribution in [0.1, 0.15) is 20.8 Å². The van der Waals surface area contributed by atoms with Gasteiger partial charge in [-0.1, -0.05) is 0 Å². The SMILES string of the molecule is CC(C)(C)O[SH]=O. The van der Waals surface area contributed by atoms with Gasteiger partial charge in [-0.25, -0.2) is 4.21 Å². The van der Waals surface area contributed by atoms with E-state index in [9.17, 15) is 4.21 Å². The monoisotopic (exact) mass is 122 g/mol. The van der Waals surface area contributed by atoms with E-state index < -0.39 is 0 Å². The lowest BCUT2D eigenvalue weighted by Crippen LogP contribution is -2.15. The maximum Gasteiger partial charge on any atom is 0.142 e. The Balaban J connectivity index is 3.34. The number of hydrogen-bond donors (Lipinski definition) is 1. The summed E-state index contributed by atoms with van der Waals surface area (Å²) in [5.74, 6) is 0. The minimum atomic E-state index is -0.274. The smallest absolute Gasteiger partial charge is 0.142 e. The molecule has 0 aromatic carbocycles. The van der Waals surface area contributed by atoms with E-state index in [1.54, 1.807) is 0 Å². The van der Waals surface area contributed by atoms with Gasteiger partial charge in [-0.3, -0.25) is 4.18 Å². The van der Waals surface area contributed by atoms with Crippen molar-refractivity contribution in [3.05, 3.63) is 0 Å². The van der Waals surface area contributed by atoms with Gasteiger partial charge in [-0.15, -0.1) is 0 Å². The summed E-state index contributed by atoms with van der Waals surface area (Å²) in [6.45, 7) is 5.54. The Morgan fingerprint density at radius 2 is 1.86 bits per heavy atom. The molecule has 0 fully saturated rings. The molecule has 0 radical (unpaired) electrons. The predicted molar refractivity (Wildman–Crippen MR) is 30.4 cm³/mol. The molecule has 0 saturated carbocycles. The third-order valence-electron chi connectivity index (χ3n) is 0.311. The lowest BCUT2D eigenvalue weighted by molar-refractivity contribution is 0.158. The first-order valence-corrected chi connectivity index (χ1v) is 2.80. The second kappa shape index (κ2) is 2.43. The predicted octanol–water partition coefficient (Wildman–Crippen LogP) is 0.662. The highest BCUT2D eigenvalue weighted by atomic mass is 32.2. The van der Waals surface area contributed by atoms with Gasteiger partial charge < -0.3 is 0 Å². The molecule has 0 saturated heterocycles. The van der Waals surface area contributed by atoms with Crippen molar-refractivity contribution in [3.8, 4) is 0 Å². The highest BCUT2D eigenvalue weighted by Gasteiger charge is 2.07. The standard InChI is InChI=1S/C4H10O2S/c1-4(2,3)6-7-5/h7H,1-3H3. The fraction of sp³-hybridized carbons (Fsp3) is 1.00. The van der Waals surface area contributed by atoms with E-state index in [1.807, 2.05) is 20.8 Å². The molecule has 0 atom stereocenters. The molecule has 0 aliphatic rings. The topological polar surface area (TPSA) is 26.3 Å². The van der Waals surface area contributed by atoms with Crippen molar-refractivity contribution in [2.45, 2.75) is 26.4 Å². The van der Waals surface area contributed by atoms with Gasteiger partial charge in [0.05, 0.1) is 5.60 Å². The van der Waals surface area contributed by atoms with Crippen LogP contribution in [0.4, 0.5) is 0 Å². The molecular weight excluding hydrogens is 112 g/mol. The van der Waals surface area contributed by atoms with Crippen molar-refractivity contribution >= 4 is 11.9 Å². The van der Waals surface area contributed by atoms with Crippen LogP contribution < -0.4 is 0 Å². The Labute approximate surface area is 47.6 Å². The molecule has 44 valence electrons. The zero-order chi connectivity index (χ0) is 5.91. The van der Waals surface area contributed by atoms with Gasteiger partial charge in [0.1, 0.15) is 11.9 Å². The summed E-state index contributed by atoms with van der Waals surface area (Å²) in [5, 5.41) is 0. The summed E-state index contributed by atoms with van der Waals surface area (Å²) < 4.78 is 14.3. The molecule has 3 heteroatoms. The summed E-state index contributed by atoms with van der Waals surface area (Å²) in [6, 6.07) is 0. The minimum Gasteiger partial charge on any atom is -0.287 e. The molecule has 0 rings (SSSR count). The van der Waals surface area contributed by atoms with Crippen LogP contribution in [-0.4, -0.2) is 9.81 Å². The van der Waals surface area contributed by atoms with Gasteiger partial charge in [0.15, 0.2) is 0 Å². The molecule has 0 N–H and O–H groups in total. The molecule has 0 unspecified atom stereocenters. The molecule has 7 heavy (non-hydrogen) atoms. The van der Waals surface area contributed by atoms with E-state index in [-0.39, 0.29) is 17.5 Å². The van der Waals surface area contributed by atoms with Crippen LogP contribution in [0.15, 0.2) is 0 Å². The molecule has 0 aliphatic heterocycles. The highest BCUT2D eigenvalue weighted by Crippen LogP contribution is 2.03. The largest absolute Gasteiger partial charge is 0.287 e. The maximum atomic E-state index is 9.70. The lowest BCUT2D eigenvalue weighted by Gasteiger charge is -2.12. The van der Waals surface area contributed by atoms with Crippen molar-refractivity contribution in [1.82, 2.24) is 0 Å². The van der Waals surface area contributed by atoms with E-state index >= 15 is 0 Å². The van der Waals surface area contributed by atoms with Gasteiger partial charge >= 0.3 is 0 Å². The third kappa shape index (κ3) is 6.11. The fourth-order valence-corrected chi connectivity index (χ4v) is 0.335. The summed E-state index contributed by atoms with van der Waals surface area (Å²) in [7, 11) is 0. The van der Waals surface area contributed by atoms with Crippen molar-refractivity contribution in [1.29, 1.82) is 0 Å². The molecule has 0 amide bonds. The molecule has 2 nitrogen and oxygen atoms in total. The van der Waals surface area contributed by atoms with E-state index in [4.69, 9.17) is 0 Å². The Bertz CT molecular complexity index is 64.6. The van der Waals surface area contributed by atoms with Crippen LogP contribution in [-0.2, 0) is 16.1 Å². The molecule has 0 aromatic rings. The van der Waals surface area contributed by atoms with Crippen LogP contribution in [0.25, 0.3) is 0 Å². The zero-order valence-corrected chi connectivity index (χ0v) is 5.66. The first-order valence-electron chi connectivity index (χ1n) is 2.07. The van der Waals surface area contributed by atoms with Crippen LogP contribution >= 0.6 is 0 Å². The molecular formula is C4H10O2S. The Kier molecular flexibility index (Phi) is 2.46. The average Bonchev–Trinajstić information content (AvgIpc) is 1.30. The first kappa shape index (κ1) is 7.11. The molecule has 0 spiro atoms. The third-order valence-corrected chi connectivity index (χ3v) is 0.933. The van der Waals surface area contributed by atoms with Crippen LogP contribution in [0.2, 0.25) is 0 Å². The number of thiol groups is 1. The van der Waals surface area contributed by atoms with Gasteiger partial charge in [-0.05, 0) is 20.8 Å². The van der Waals surface area contributed by atoms with E-state index in [2.05, 4.69) is 4.18 Å². The van der Waals surface area contributed by atoms with E-state index in [0.717, 1.165) is 0 Å². The minimum absolute atomic E-state index is 0.241. The quantitative estimate of drug-likeness (QED) is 0.517. The van der Waals surface area contributed by atoms with Crippen molar-refractivity contribution in [3.63, 3.8) is 0 Å². The van der Waals surface area contributed by atoms with E-state index in [0.29, 0.717) is 0 Å². The Morgan fingerprint density at radius 1 is 1.43 bits per heavy atom. The summed E-state index contributed by atoms with van der Waals surface area (Å²) >= 11 is -0.241. The number of rotatable bonds is 1. The molecule has 0 bridgehead atoms. The first-order chi connectivity index (χ1) is 3.06. The van der Waals surface area contributed by atoms with Crippen LogP contribution in [0.3, 0.4) is 0 Å². The van der Waals surface area contributed by atoms with E-state index in [1.165, 1.54) is 0 Å². The van der Waals surface area contributed by atoms with Gasteiger partial charge in [-0.2, -0.15) is 0 Å².